The van der Waals surface area contributed by atoms with Gasteiger partial charge in [-0.05, 0) is 80.6 Å². The van der Waals surface area contributed by atoms with E-state index >= 15 is 0 Å². The molecule has 0 bridgehead atoms. The van der Waals surface area contributed by atoms with Crippen molar-refractivity contribution < 1.29 is 22.7 Å². The first-order chi connectivity index (χ1) is 19.6. The normalized spacial score (nSPS) is 14.3. The van der Waals surface area contributed by atoms with Crippen molar-refractivity contribution >= 4 is 27.5 Å². The lowest BCUT2D eigenvalue weighted by atomic mass is 10.1. The Bertz CT molecular complexity index is 1470. The average molecular weight is 578 g/mol. The number of sulfonamides is 1. The molecule has 4 rings (SSSR count). The quantitative estimate of drug-likeness (QED) is 0.347. The van der Waals surface area contributed by atoms with Gasteiger partial charge in [0.1, 0.15) is 18.3 Å². The van der Waals surface area contributed by atoms with Crippen LogP contribution in [0.5, 0.6) is 5.75 Å². The van der Waals surface area contributed by atoms with Gasteiger partial charge in [-0.3, -0.25) is 13.9 Å². The molecule has 0 aromatic heterocycles. The standard InChI is InChI=1S/C32H39N3O5S/c1-23-17-18-24(2)30(19-23)35(41(38,39)29-15-6-5-7-16-29)22-31(36)34(21-26-11-10-14-28(20-26)40-4)25(3)32(37)33-27-12-8-9-13-27/h5-7,10-11,14-20,25,27H,8-9,12-13,21-22H2,1-4H3,(H,33,37). The Morgan fingerprint density at radius 1 is 0.976 bits per heavy atom. The molecule has 9 heteroatoms. The minimum Gasteiger partial charge on any atom is -0.497 e. The first-order valence-electron chi connectivity index (χ1n) is 14.0. The van der Waals surface area contributed by atoms with E-state index < -0.39 is 28.5 Å². The largest absolute Gasteiger partial charge is 0.497 e. The maximum atomic E-state index is 14.2. The van der Waals surface area contributed by atoms with Crippen molar-refractivity contribution in [2.75, 3.05) is 18.0 Å². The topological polar surface area (TPSA) is 96.0 Å². The Labute approximate surface area is 243 Å². The number of anilines is 1. The molecule has 8 nitrogen and oxygen atoms in total. The summed E-state index contributed by atoms with van der Waals surface area (Å²) in [7, 11) is -2.54. The first kappa shape index (κ1) is 30.1. The van der Waals surface area contributed by atoms with Crippen molar-refractivity contribution in [1.29, 1.82) is 0 Å². The third kappa shape index (κ3) is 7.27. The molecule has 0 heterocycles. The smallest absolute Gasteiger partial charge is 0.264 e. The molecule has 1 N–H and O–H groups in total. The number of ether oxygens (including phenoxy) is 1. The minimum atomic E-state index is -4.10. The van der Waals surface area contributed by atoms with Crippen molar-refractivity contribution in [3.05, 3.63) is 89.5 Å². The van der Waals surface area contributed by atoms with Crippen LogP contribution in [0.4, 0.5) is 5.69 Å². The number of aryl methyl sites for hydroxylation is 2. The Kier molecular flexibility index (Phi) is 9.70. The van der Waals surface area contributed by atoms with E-state index in [9.17, 15) is 18.0 Å². The number of hydrogen-bond acceptors (Lipinski definition) is 5. The number of methoxy groups -OCH3 is 1. The van der Waals surface area contributed by atoms with Crippen molar-refractivity contribution in [1.82, 2.24) is 10.2 Å². The summed E-state index contributed by atoms with van der Waals surface area (Å²) in [6, 6.07) is 20.2. The van der Waals surface area contributed by atoms with E-state index in [-0.39, 0.29) is 23.4 Å². The summed E-state index contributed by atoms with van der Waals surface area (Å²) in [5.41, 5.74) is 2.77. The van der Waals surface area contributed by atoms with Crippen LogP contribution in [-0.2, 0) is 26.2 Å². The van der Waals surface area contributed by atoms with Crippen LogP contribution in [0.25, 0.3) is 0 Å². The molecule has 41 heavy (non-hydrogen) atoms. The lowest BCUT2D eigenvalue weighted by Gasteiger charge is -2.33. The van der Waals surface area contributed by atoms with Gasteiger partial charge in [0, 0.05) is 12.6 Å². The Hall–Kier alpha value is -3.85. The second-order valence-corrected chi connectivity index (χ2v) is 12.5. The molecule has 1 atom stereocenters. The van der Waals surface area contributed by atoms with Crippen LogP contribution in [0, 0.1) is 13.8 Å². The number of nitrogens with zero attached hydrogens (tertiary/aromatic N) is 2. The predicted octanol–water partition coefficient (Wildman–Crippen LogP) is 4.98. The van der Waals surface area contributed by atoms with Crippen molar-refractivity contribution in [2.24, 2.45) is 0 Å². The highest BCUT2D eigenvalue weighted by atomic mass is 32.2. The first-order valence-corrected chi connectivity index (χ1v) is 15.4. The SMILES string of the molecule is COc1cccc(CN(C(=O)CN(c2cc(C)ccc2C)S(=O)(=O)c2ccccc2)C(C)C(=O)NC2CCCC2)c1. The molecular weight excluding hydrogens is 538 g/mol. The lowest BCUT2D eigenvalue weighted by Crippen LogP contribution is -2.52. The Morgan fingerprint density at radius 2 is 1.68 bits per heavy atom. The van der Waals surface area contributed by atoms with Gasteiger partial charge in [0.05, 0.1) is 17.7 Å². The van der Waals surface area contributed by atoms with Gasteiger partial charge in [-0.25, -0.2) is 8.42 Å². The van der Waals surface area contributed by atoms with E-state index in [4.69, 9.17) is 4.74 Å². The molecule has 1 aliphatic rings. The van der Waals surface area contributed by atoms with Gasteiger partial charge in [0.15, 0.2) is 0 Å². The highest BCUT2D eigenvalue weighted by Crippen LogP contribution is 2.29. The summed E-state index contributed by atoms with van der Waals surface area (Å²) < 4.78 is 34.5. The molecular formula is C32H39N3O5S. The molecule has 0 saturated heterocycles. The zero-order chi connectivity index (χ0) is 29.6. The molecule has 1 fully saturated rings. The lowest BCUT2D eigenvalue weighted by molar-refractivity contribution is -0.139. The zero-order valence-corrected chi connectivity index (χ0v) is 25.0. The fourth-order valence-corrected chi connectivity index (χ4v) is 6.65. The number of carbonyl (C=O) groups is 2. The van der Waals surface area contributed by atoms with E-state index in [0.29, 0.717) is 17.0 Å². The highest BCUT2D eigenvalue weighted by molar-refractivity contribution is 7.92. The van der Waals surface area contributed by atoms with Gasteiger partial charge in [-0.1, -0.05) is 55.3 Å². The van der Waals surface area contributed by atoms with Gasteiger partial charge in [-0.2, -0.15) is 0 Å². The molecule has 0 radical (unpaired) electrons. The van der Waals surface area contributed by atoms with Gasteiger partial charge < -0.3 is 15.0 Å². The maximum absolute atomic E-state index is 14.2. The van der Waals surface area contributed by atoms with E-state index in [2.05, 4.69) is 5.32 Å². The summed E-state index contributed by atoms with van der Waals surface area (Å²) >= 11 is 0. The molecule has 3 aromatic carbocycles. The maximum Gasteiger partial charge on any atom is 0.264 e. The highest BCUT2D eigenvalue weighted by Gasteiger charge is 2.34. The van der Waals surface area contributed by atoms with E-state index in [0.717, 1.165) is 41.1 Å². The molecule has 1 aliphatic carbocycles. The van der Waals surface area contributed by atoms with E-state index in [1.807, 2.05) is 44.2 Å². The fourth-order valence-electron chi connectivity index (χ4n) is 5.16. The van der Waals surface area contributed by atoms with Crippen LogP contribution < -0.4 is 14.4 Å². The van der Waals surface area contributed by atoms with Crippen molar-refractivity contribution in [3.63, 3.8) is 0 Å². The van der Waals surface area contributed by atoms with Crippen LogP contribution in [-0.4, -0.2) is 50.9 Å². The van der Waals surface area contributed by atoms with E-state index in [1.165, 1.54) is 17.0 Å². The van der Waals surface area contributed by atoms with Crippen LogP contribution in [0.1, 0.15) is 49.3 Å². The Balaban J connectivity index is 1.71. The van der Waals surface area contributed by atoms with Crippen LogP contribution in [0.2, 0.25) is 0 Å². The minimum absolute atomic E-state index is 0.0834. The predicted molar refractivity (Wildman–Crippen MR) is 160 cm³/mol. The molecule has 3 aromatic rings. The summed E-state index contributed by atoms with van der Waals surface area (Å²) in [4.78, 5) is 29.1. The third-order valence-electron chi connectivity index (χ3n) is 7.60. The Morgan fingerprint density at radius 3 is 2.37 bits per heavy atom. The number of amides is 2. The fraction of sp³-hybridized carbons (Fsp3) is 0.375. The summed E-state index contributed by atoms with van der Waals surface area (Å²) in [5, 5.41) is 3.09. The van der Waals surface area contributed by atoms with Gasteiger partial charge >= 0.3 is 0 Å². The van der Waals surface area contributed by atoms with Crippen LogP contribution in [0.15, 0.2) is 77.7 Å². The van der Waals surface area contributed by atoms with Crippen LogP contribution in [0.3, 0.4) is 0 Å². The second-order valence-electron chi connectivity index (χ2n) is 10.7. The van der Waals surface area contributed by atoms with Gasteiger partial charge in [-0.15, -0.1) is 0 Å². The van der Waals surface area contributed by atoms with E-state index in [1.54, 1.807) is 44.4 Å². The third-order valence-corrected chi connectivity index (χ3v) is 9.37. The zero-order valence-electron chi connectivity index (χ0n) is 24.2. The van der Waals surface area contributed by atoms with Gasteiger partial charge in [0.25, 0.3) is 10.0 Å². The summed E-state index contributed by atoms with van der Waals surface area (Å²) in [6.07, 6.45) is 3.96. The number of nitrogens with one attached hydrogen (secondary N) is 1. The van der Waals surface area contributed by atoms with Gasteiger partial charge in [0.2, 0.25) is 11.8 Å². The monoisotopic (exact) mass is 577 g/mol. The molecule has 218 valence electrons. The molecule has 1 unspecified atom stereocenters. The number of benzene rings is 3. The molecule has 1 saturated carbocycles. The average Bonchev–Trinajstić information content (AvgIpc) is 3.49. The number of carbonyl (C=O) groups excluding carboxylic acids is 2. The second kappa shape index (κ2) is 13.2. The van der Waals surface area contributed by atoms with Crippen molar-refractivity contribution in [2.45, 2.75) is 70.0 Å². The summed E-state index contributed by atoms with van der Waals surface area (Å²) in [5.74, 6) is -0.110. The summed E-state index contributed by atoms with van der Waals surface area (Å²) in [6.45, 7) is 5.03. The van der Waals surface area contributed by atoms with Crippen LogP contribution >= 0.6 is 0 Å². The number of rotatable bonds is 11. The number of hydrogen-bond donors (Lipinski definition) is 1. The molecule has 0 spiro atoms. The molecule has 0 aliphatic heterocycles. The van der Waals surface area contributed by atoms with Crippen molar-refractivity contribution in [3.8, 4) is 5.75 Å². The molecule has 2 amide bonds.